The van der Waals surface area contributed by atoms with Crippen LogP contribution in [0.5, 0.6) is 0 Å². The molecule has 0 aromatic heterocycles. The second-order valence-electron chi connectivity index (χ2n) is 2.41. The van der Waals surface area contributed by atoms with Gasteiger partial charge in [-0.2, -0.15) is 0 Å². The molecule has 1 atom stereocenters. The summed E-state index contributed by atoms with van der Waals surface area (Å²) in [6, 6.07) is 0. The molecule has 0 aliphatic rings. The largest absolute Gasteiger partial charge is 0.385 e. The van der Waals surface area contributed by atoms with Gasteiger partial charge in [-0.1, -0.05) is 20.3 Å². The molecule has 1 unspecified atom stereocenters. The summed E-state index contributed by atoms with van der Waals surface area (Å²) in [6.07, 6.45) is 0.773. The SMILES string of the molecule is CC(=O)C(O)CCN.CCC. The molecule has 3 nitrogen and oxygen atoms in total. The van der Waals surface area contributed by atoms with Crippen molar-refractivity contribution in [3.63, 3.8) is 0 Å². The van der Waals surface area contributed by atoms with Crippen molar-refractivity contribution in [2.24, 2.45) is 5.73 Å². The molecule has 11 heavy (non-hydrogen) atoms. The number of aliphatic hydroxyl groups excluding tert-OH is 1. The van der Waals surface area contributed by atoms with Crippen LogP contribution in [0, 0.1) is 0 Å². The monoisotopic (exact) mass is 161 g/mol. The molecule has 0 radical (unpaired) electrons. The van der Waals surface area contributed by atoms with Crippen molar-refractivity contribution in [1.29, 1.82) is 0 Å². The van der Waals surface area contributed by atoms with E-state index in [-0.39, 0.29) is 5.78 Å². The maximum absolute atomic E-state index is 10.2. The summed E-state index contributed by atoms with van der Waals surface area (Å²) in [5, 5.41) is 8.70. The van der Waals surface area contributed by atoms with Gasteiger partial charge in [-0.15, -0.1) is 0 Å². The first kappa shape index (κ1) is 13.2. The van der Waals surface area contributed by atoms with Crippen molar-refractivity contribution in [3.8, 4) is 0 Å². The second kappa shape index (κ2) is 9.59. The van der Waals surface area contributed by atoms with E-state index in [0.29, 0.717) is 13.0 Å². The van der Waals surface area contributed by atoms with Gasteiger partial charge < -0.3 is 10.8 Å². The molecule has 0 saturated heterocycles. The van der Waals surface area contributed by atoms with Crippen molar-refractivity contribution < 1.29 is 9.90 Å². The molecule has 3 N–H and O–H groups in total. The number of nitrogens with two attached hydrogens (primary N) is 1. The van der Waals surface area contributed by atoms with Crippen LogP contribution in [0.4, 0.5) is 0 Å². The third kappa shape index (κ3) is 12.7. The molecule has 0 fully saturated rings. The molecule has 0 aliphatic carbocycles. The second-order valence-corrected chi connectivity index (χ2v) is 2.41. The standard InChI is InChI=1S/C5H11NO2.C3H8/c1-4(7)5(8)2-3-6;1-3-2/h5,8H,2-3,6H2,1H3;3H2,1-2H3. The number of rotatable bonds is 3. The zero-order valence-electron chi connectivity index (χ0n) is 7.63. The molecular formula is C8H19NO2. The third-order valence-corrected chi connectivity index (χ3v) is 0.909. The maximum atomic E-state index is 10.2. The van der Waals surface area contributed by atoms with Crippen molar-refractivity contribution in [1.82, 2.24) is 0 Å². The van der Waals surface area contributed by atoms with E-state index in [1.165, 1.54) is 13.3 Å². The van der Waals surface area contributed by atoms with Gasteiger partial charge in [0.1, 0.15) is 6.10 Å². The Morgan fingerprint density at radius 1 is 1.55 bits per heavy atom. The fourth-order valence-electron chi connectivity index (χ4n) is 0.361. The lowest BCUT2D eigenvalue weighted by Gasteiger charge is -2.01. The van der Waals surface area contributed by atoms with Gasteiger partial charge in [0, 0.05) is 0 Å². The van der Waals surface area contributed by atoms with E-state index >= 15 is 0 Å². The zero-order chi connectivity index (χ0) is 9.28. The lowest BCUT2D eigenvalue weighted by Crippen LogP contribution is -2.20. The van der Waals surface area contributed by atoms with Crippen LogP contribution in [0.2, 0.25) is 0 Å². The molecule has 0 bridgehead atoms. The zero-order valence-corrected chi connectivity index (χ0v) is 7.63. The van der Waals surface area contributed by atoms with Crippen LogP contribution in [-0.2, 0) is 4.79 Å². The summed E-state index contributed by atoms with van der Waals surface area (Å²) in [5.41, 5.74) is 5.06. The molecule has 0 amide bonds. The number of carbonyl (C=O) groups excluding carboxylic acids is 1. The Morgan fingerprint density at radius 3 is 2.00 bits per heavy atom. The van der Waals surface area contributed by atoms with Gasteiger partial charge >= 0.3 is 0 Å². The molecular weight excluding hydrogens is 142 g/mol. The Morgan fingerprint density at radius 2 is 1.91 bits per heavy atom. The highest BCUT2D eigenvalue weighted by molar-refractivity contribution is 5.79. The molecule has 0 aromatic carbocycles. The summed E-state index contributed by atoms with van der Waals surface area (Å²) < 4.78 is 0. The lowest BCUT2D eigenvalue weighted by atomic mass is 10.2. The van der Waals surface area contributed by atoms with Gasteiger partial charge in [-0.3, -0.25) is 4.79 Å². The predicted octanol–water partition coefficient (Wildman–Crippen LogP) is 0.701. The first-order valence-electron chi connectivity index (χ1n) is 3.98. The van der Waals surface area contributed by atoms with E-state index in [0.717, 1.165) is 0 Å². The van der Waals surface area contributed by atoms with Crippen molar-refractivity contribution in [2.75, 3.05) is 6.54 Å². The summed E-state index contributed by atoms with van der Waals surface area (Å²) in [6.45, 7) is 5.96. The quantitative estimate of drug-likeness (QED) is 0.640. The average molecular weight is 161 g/mol. The highest BCUT2D eigenvalue weighted by Gasteiger charge is 2.05. The van der Waals surface area contributed by atoms with E-state index in [1.54, 1.807) is 0 Å². The average Bonchev–Trinajstić information content (AvgIpc) is 1.90. The molecule has 0 aliphatic heterocycles. The molecule has 0 spiro atoms. The van der Waals surface area contributed by atoms with Crippen LogP contribution >= 0.6 is 0 Å². The van der Waals surface area contributed by atoms with E-state index in [9.17, 15) is 4.79 Å². The van der Waals surface area contributed by atoms with Crippen LogP contribution in [0.3, 0.4) is 0 Å². The van der Waals surface area contributed by atoms with E-state index in [2.05, 4.69) is 13.8 Å². The fraction of sp³-hybridized carbons (Fsp3) is 0.875. The predicted molar refractivity (Wildman–Crippen MR) is 46.3 cm³/mol. The van der Waals surface area contributed by atoms with Crippen LogP contribution in [0.15, 0.2) is 0 Å². The van der Waals surface area contributed by atoms with Gasteiger partial charge in [-0.25, -0.2) is 0 Å². The Hall–Kier alpha value is -0.410. The van der Waals surface area contributed by atoms with E-state index < -0.39 is 6.10 Å². The molecule has 68 valence electrons. The van der Waals surface area contributed by atoms with E-state index in [4.69, 9.17) is 10.8 Å². The summed E-state index contributed by atoms with van der Waals surface area (Å²) in [5.74, 6) is -0.213. The van der Waals surface area contributed by atoms with Gasteiger partial charge in [-0.05, 0) is 19.9 Å². The minimum Gasteiger partial charge on any atom is -0.385 e. The topological polar surface area (TPSA) is 63.3 Å². The Kier molecular flexibility index (Phi) is 11.5. The lowest BCUT2D eigenvalue weighted by molar-refractivity contribution is -0.125. The fourth-order valence-corrected chi connectivity index (χ4v) is 0.361. The minimum atomic E-state index is -0.847. The number of Topliss-reactive ketones (excluding diaryl/α,β-unsaturated/α-hetero) is 1. The molecule has 0 saturated carbocycles. The van der Waals surface area contributed by atoms with Crippen LogP contribution in [0.1, 0.15) is 33.6 Å². The van der Waals surface area contributed by atoms with Crippen molar-refractivity contribution in [3.05, 3.63) is 0 Å². The Labute approximate surface area is 68.6 Å². The number of aliphatic hydroxyl groups is 1. The summed E-state index contributed by atoms with van der Waals surface area (Å²) in [7, 11) is 0. The Balaban J connectivity index is 0. The smallest absolute Gasteiger partial charge is 0.158 e. The molecule has 3 heteroatoms. The van der Waals surface area contributed by atoms with Gasteiger partial charge in [0.15, 0.2) is 5.78 Å². The van der Waals surface area contributed by atoms with Crippen molar-refractivity contribution >= 4 is 5.78 Å². The highest BCUT2D eigenvalue weighted by Crippen LogP contribution is 1.88. The van der Waals surface area contributed by atoms with Gasteiger partial charge in [0.25, 0.3) is 0 Å². The van der Waals surface area contributed by atoms with Crippen LogP contribution in [0.25, 0.3) is 0 Å². The summed E-state index contributed by atoms with van der Waals surface area (Å²) >= 11 is 0. The maximum Gasteiger partial charge on any atom is 0.158 e. The van der Waals surface area contributed by atoms with Crippen LogP contribution in [-0.4, -0.2) is 23.5 Å². The van der Waals surface area contributed by atoms with Gasteiger partial charge in [0.05, 0.1) is 0 Å². The van der Waals surface area contributed by atoms with E-state index in [1.807, 2.05) is 0 Å². The molecule has 0 aromatic rings. The summed E-state index contributed by atoms with van der Waals surface area (Å²) in [4.78, 5) is 10.2. The Bertz CT molecular complexity index is 94.1. The minimum absolute atomic E-state index is 0.213. The van der Waals surface area contributed by atoms with Crippen molar-refractivity contribution in [2.45, 2.75) is 39.7 Å². The first-order chi connectivity index (χ1) is 5.09. The number of hydrogen-bond acceptors (Lipinski definition) is 3. The number of ketones is 1. The highest BCUT2D eigenvalue weighted by atomic mass is 16.3. The number of hydrogen-bond donors (Lipinski definition) is 2. The molecule has 0 heterocycles. The van der Waals surface area contributed by atoms with Gasteiger partial charge in [0.2, 0.25) is 0 Å². The first-order valence-corrected chi connectivity index (χ1v) is 3.98. The van der Waals surface area contributed by atoms with Crippen LogP contribution < -0.4 is 5.73 Å². The number of carbonyl (C=O) groups is 1. The normalized spacial score (nSPS) is 11.4. The third-order valence-electron chi connectivity index (χ3n) is 0.909. The molecule has 0 rings (SSSR count).